The summed E-state index contributed by atoms with van der Waals surface area (Å²) in [6.07, 6.45) is 3.00. The lowest BCUT2D eigenvalue weighted by molar-refractivity contribution is -0.147. The quantitative estimate of drug-likeness (QED) is 0.154. The van der Waals surface area contributed by atoms with Crippen molar-refractivity contribution in [2.24, 2.45) is 5.92 Å². The van der Waals surface area contributed by atoms with Gasteiger partial charge in [-0.3, -0.25) is 14.4 Å². The topological polar surface area (TPSA) is 129 Å². The Labute approximate surface area is 224 Å². The molecule has 0 aliphatic carbocycles. The summed E-state index contributed by atoms with van der Waals surface area (Å²) in [5.41, 5.74) is 1.18. The van der Waals surface area contributed by atoms with Crippen molar-refractivity contribution in [1.29, 1.82) is 0 Å². The highest BCUT2D eigenvalue weighted by molar-refractivity contribution is 6.01. The van der Waals surface area contributed by atoms with Crippen LogP contribution < -0.4 is 9.64 Å². The van der Waals surface area contributed by atoms with Gasteiger partial charge >= 0.3 is 17.9 Å². The number of carbonyl (C=O) groups excluding carboxylic acids is 5. The Morgan fingerprint density at radius 2 is 1.64 bits per heavy atom. The molecule has 39 heavy (non-hydrogen) atoms. The van der Waals surface area contributed by atoms with Crippen LogP contribution >= 0.6 is 0 Å². The van der Waals surface area contributed by atoms with Crippen molar-refractivity contribution in [3.63, 3.8) is 0 Å². The molecule has 1 atom stereocenters. The van der Waals surface area contributed by atoms with Crippen LogP contribution in [0.25, 0.3) is 0 Å². The lowest BCUT2D eigenvalue weighted by Crippen LogP contribution is -2.27. The zero-order valence-corrected chi connectivity index (χ0v) is 21.3. The summed E-state index contributed by atoms with van der Waals surface area (Å²) < 4.78 is 20.5. The summed E-state index contributed by atoms with van der Waals surface area (Å²) in [7, 11) is 0. The molecule has 3 aromatic rings. The largest absolute Gasteiger partial charge is 0.462 e. The van der Waals surface area contributed by atoms with Gasteiger partial charge in [0.05, 0.1) is 24.4 Å². The molecule has 0 radical (unpaired) electrons. The number of anilines is 1. The number of rotatable bonds is 11. The SMILES string of the molecule is CCCCOC(=O)c1ccc(N2C[C@@H](C(=O)OCC(=O)c3ccc(OC(=O)c4ccco4)cc3)CC2=O)cc1. The maximum absolute atomic E-state index is 12.6. The van der Waals surface area contributed by atoms with Gasteiger partial charge in [0.1, 0.15) is 5.75 Å². The van der Waals surface area contributed by atoms with Gasteiger partial charge in [-0.15, -0.1) is 0 Å². The average molecular weight is 534 g/mol. The van der Waals surface area contributed by atoms with E-state index in [0.29, 0.717) is 17.9 Å². The Morgan fingerprint density at radius 1 is 0.923 bits per heavy atom. The molecule has 1 fully saturated rings. The predicted molar refractivity (Wildman–Crippen MR) is 137 cm³/mol. The Balaban J connectivity index is 1.26. The molecule has 0 bridgehead atoms. The highest BCUT2D eigenvalue weighted by Gasteiger charge is 2.36. The van der Waals surface area contributed by atoms with E-state index in [4.69, 9.17) is 18.6 Å². The molecule has 4 rings (SSSR count). The first-order chi connectivity index (χ1) is 18.9. The summed E-state index contributed by atoms with van der Waals surface area (Å²) in [5.74, 6) is -2.93. The normalized spacial score (nSPS) is 14.6. The molecule has 0 N–H and O–H groups in total. The highest BCUT2D eigenvalue weighted by atomic mass is 16.5. The first-order valence-corrected chi connectivity index (χ1v) is 12.5. The minimum absolute atomic E-state index is 0.0468. The van der Waals surface area contributed by atoms with Gasteiger partial charge in [-0.1, -0.05) is 13.3 Å². The molecule has 10 heteroatoms. The number of nitrogens with zero attached hydrogens (tertiary/aromatic N) is 1. The van der Waals surface area contributed by atoms with Crippen molar-refractivity contribution in [1.82, 2.24) is 0 Å². The first-order valence-electron chi connectivity index (χ1n) is 12.5. The average Bonchev–Trinajstić information content (AvgIpc) is 3.63. The fraction of sp³-hybridized carbons (Fsp3) is 0.276. The summed E-state index contributed by atoms with van der Waals surface area (Å²) in [4.78, 5) is 63.1. The van der Waals surface area contributed by atoms with Crippen molar-refractivity contribution in [3.05, 3.63) is 83.8 Å². The standard InChI is InChI=1S/C29H27NO9/c1-2-3-14-37-27(33)20-6-10-22(11-7-20)30-17-21(16-26(30)32)28(34)38-18-24(31)19-8-12-23(13-9-19)39-29(35)25-5-4-15-36-25/h4-13,15,21H,2-3,14,16-18H2,1H3/t21-/m0/s1. The second-order valence-corrected chi connectivity index (χ2v) is 8.86. The number of hydrogen-bond acceptors (Lipinski definition) is 9. The van der Waals surface area contributed by atoms with E-state index in [2.05, 4.69) is 0 Å². The zero-order chi connectivity index (χ0) is 27.8. The van der Waals surface area contributed by atoms with Crippen LogP contribution in [-0.2, 0) is 19.1 Å². The van der Waals surface area contributed by atoms with Crippen LogP contribution in [-0.4, -0.2) is 49.4 Å². The number of benzene rings is 2. The molecule has 1 saturated heterocycles. The maximum Gasteiger partial charge on any atom is 0.379 e. The second-order valence-electron chi connectivity index (χ2n) is 8.86. The van der Waals surface area contributed by atoms with Gasteiger partial charge in [-0.2, -0.15) is 0 Å². The number of Topliss-reactive ketones (excluding diaryl/α,β-unsaturated/α-hetero) is 1. The molecular weight excluding hydrogens is 506 g/mol. The van der Waals surface area contributed by atoms with Crippen molar-refractivity contribution in [3.8, 4) is 5.75 Å². The van der Waals surface area contributed by atoms with Crippen molar-refractivity contribution >= 4 is 35.3 Å². The number of furan rings is 1. The highest BCUT2D eigenvalue weighted by Crippen LogP contribution is 2.26. The molecule has 0 saturated carbocycles. The number of hydrogen-bond donors (Lipinski definition) is 0. The predicted octanol–water partition coefficient (Wildman–Crippen LogP) is 4.23. The fourth-order valence-corrected chi connectivity index (χ4v) is 3.88. The minimum Gasteiger partial charge on any atom is -0.462 e. The third-order valence-corrected chi connectivity index (χ3v) is 6.06. The Hall–Kier alpha value is -4.73. The Morgan fingerprint density at radius 3 is 2.31 bits per heavy atom. The van der Waals surface area contributed by atoms with E-state index in [1.807, 2.05) is 6.92 Å². The molecule has 1 aliphatic rings. The molecule has 0 spiro atoms. The van der Waals surface area contributed by atoms with E-state index in [0.717, 1.165) is 12.8 Å². The van der Waals surface area contributed by atoms with Gasteiger partial charge in [-0.25, -0.2) is 9.59 Å². The van der Waals surface area contributed by atoms with Crippen LogP contribution in [0, 0.1) is 5.92 Å². The molecule has 2 heterocycles. The monoisotopic (exact) mass is 533 g/mol. The molecule has 1 aliphatic heterocycles. The summed E-state index contributed by atoms with van der Waals surface area (Å²) in [6, 6.07) is 15.2. The summed E-state index contributed by atoms with van der Waals surface area (Å²) >= 11 is 0. The van der Waals surface area contributed by atoms with Crippen LogP contribution in [0.15, 0.2) is 71.3 Å². The van der Waals surface area contributed by atoms with Crippen LogP contribution in [0.4, 0.5) is 5.69 Å². The van der Waals surface area contributed by atoms with Crippen molar-refractivity contribution in [2.45, 2.75) is 26.2 Å². The maximum atomic E-state index is 12.6. The molecule has 10 nitrogen and oxygen atoms in total. The molecule has 1 aromatic heterocycles. The van der Waals surface area contributed by atoms with Crippen LogP contribution in [0.5, 0.6) is 5.75 Å². The number of esters is 3. The van der Waals surface area contributed by atoms with E-state index in [1.165, 1.54) is 41.5 Å². The molecular formula is C29H27NO9. The van der Waals surface area contributed by atoms with E-state index < -0.39 is 36.2 Å². The van der Waals surface area contributed by atoms with Crippen LogP contribution in [0.3, 0.4) is 0 Å². The smallest absolute Gasteiger partial charge is 0.379 e. The summed E-state index contributed by atoms with van der Waals surface area (Å²) in [5, 5.41) is 0. The number of ketones is 1. The third-order valence-electron chi connectivity index (χ3n) is 6.06. The molecule has 2 aromatic carbocycles. The third kappa shape index (κ3) is 6.98. The van der Waals surface area contributed by atoms with Gasteiger partial charge in [0.25, 0.3) is 0 Å². The zero-order valence-electron chi connectivity index (χ0n) is 21.3. The van der Waals surface area contributed by atoms with Gasteiger partial charge < -0.3 is 23.5 Å². The summed E-state index contributed by atoms with van der Waals surface area (Å²) in [6.45, 7) is 1.95. The van der Waals surface area contributed by atoms with Crippen LogP contribution in [0.1, 0.15) is 57.5 Å². The van der Waals surface area contributed by atoms with E-state index >= 15 is 0 Å². The van der Waals surface area contributed by atoms with Crippen LogP contribution in [0.2, 0.25) is 0 Å². The molecule has 0 unspecified atom stereocenters. The first kappa shape index (κ1) is 27.3. The lowest BCUT2D eigenvalue weighted by atomic mass is 10.1. The fourth-order valence-electron chi connectivity index (χ4n) is 3.88. The van der Waals surface area contributed by atoms with E-state index in [1.54, 1.807) is 30.3 Å². The van der Waals surface area contributed by atoms with Gasteiger partial charge in [-0.05, 0) is 67.1 Å². The lowest BCUT2D eigenvalue weighted by Gasteiger charge is -2.17. The van der Waals surface area contributed by atoms with Crippen molar-refractivity contribution in [2.75, 3.05) is 24.7 Å². The molecule has 202 valence electrons. The van der Waals surface area contributed by atoms with Gasteiger partial charge in [0.15, 0.2) is 12.4 Å². The van der Waals surface area contributed by atoms with Gasteiger partial charge in [0.2, 0.25) is 11.7 Å². The van der Waals surface area contributed by atoms with Crippen molar-refractivity contribution < 1.29 is 42.6 Å². The number of ether oxygens (including phenoxy) is 3. The Bertz CT molecular complexity index is 1330. The minimum atomic E-state index is -0.729. The van der Waals surface area contributed by atoms with Gasteiger partial charge in [0, 0.05) is 24.2 Å². The van der Waals surface area contributed by atoms with E-state index in [-0.39, 0.29) is 35.9 Å². The van der Waals surface area contributed by atoms with E-state index in [9.17, 15) is 24.0 Å². The number of unbranched alkanes of at least 4 members (excludes halogenated alkanes) is 1. The second kappa shape index (κ2) is 12.7. The number of carbonyl (C=O) groups is 5. The number of amides is 1. The molecule has 1 amide bonds. The Kier molecular flexibility index (Phi) is 8.88.